The SMILES string of the molecule is CCCCC(C)COC#N.CCCCOC#N. The van der Waals surface area contributed by atoms with Crippen molar-refractivity contribution >= 4 is 0 Å². The fourth-order valence-electron chi connectivity index (χ4n) is 1.08. The van der Waals surface area contributed by atoms with Crippen molar-refractivity contribution in [2.24, 2.45) is 5.92 Å². The normalized spacial score (nSPS) is 10.2. The van der Waals surface area contributed by atoms with Crippen LogP contribution in [-0.2, 0) is 9.47 Å². The molecule has 0 aliphatic carbocycles. The van der Waals surface area contributed by atoms with Gasteiger partial charge in [-0.25, -0.2) is 0 Å². The molecule has 0 spiro atoms. The Kier molecular flexibility index (Phi) is 17.9. The zero-order valence-electron chi connectivity index (χ0n) is 11.2. The number of nitriles is 2. The van der Waals surface area contributed by atoms with Crippen molar-refractivity contribution in [3.05, 3.63) is 0 Å². The molecule has 0 fully saturated rings. The summed E-state index contributed by atoms with van der Waals surface area (Å²) in [5.74, 6) is 0.527. The monoisotopic (exact) mass is 240 g/mol. The van der Waals surface area contributed by atoms with E-state index in [0.717, 1.165) is 19.3 Å². The van der Waals surface area contributed by atoms with Gasteiger partial charge in [0.25, 0.3) is 12.5 Å². The zero-order valence-corrected chi connectivity index (χ0v) is 11.2. The number of hydrogen-bond acceptors (Lipinski definition) is 4. The third-order valence-electron chi connectivity index (χ3n) is 2.15. The highest BCUT2D eigenvalue weighted by atomic mass is 16.5. The summed E-state index contributed by atoms with van der Waals surface area (Å²) in [7, 11) is 0. The van der Waals surface area contributed by atoms with Gasteiger partial charge in [-0.05, 0) is 18.8 Å². The lowest BCUT2D eigenvalue weighted by molar-refractivity contribution is 0.212. The van der Waals surface area contributed by atoms with Crippen LogP contribution in [0.4, 0.5) is 0 Å². The van der Waals surface area contributed by atoms with Gasteiger partial charge in [-0.15, -0.1) is 0 Å². The van der Waals surface area contributed by atoms with Crippen LogP contribution in [0.2, 0.25) is 0 Å². The summed E-state index contributed by atoms with van der Waals surface area (Å²) < 4.78 is 8.98. The molecule has 1 unspecified atom stereocenters. The Morgan fingerprint density at radius 2 is 1.59 bits per heavy atom. The molecule has 0 saturated heterocycles. The number of nitrogens with zero attached hydrogens (tertiary/aromatic N) is 2. The molecule has 98 valence electrons. The van der Waals surface area contributed by atoms with Gasteiger partial charge in [0.15, 0.2) is 0 Å². The standard InChI is InChI=1S/C8H15NO.C5H9NO/c1-3-4-5-8(2)6-10-7-9;1-2-3-4-7-5-6/h8H,3-6H2,1-2H3;2-4H2,1H3. The Balaban J connectivity index is 0. The summed E-state index contributed by atoms with van der Waals surface area (Å²) in [4.78, 5) is 0. The van der Waals surface area contributed by atoms with Gasteiger partial charge >= 0.3 is 0 Å². The summed E-state index contributed by atoms with van der Waals surface area (Å²) in [6, 6.07) is 0. The Morgan fingerprint density at radius 1 is 1.00 bits per heavy atom. The van der Waals surface area contributed by atoms with Crippen molar-refractivity contribution in [3.63, 3.8) is 0 Å². The van der Waals surface area contributed by atoms with E-state index in [4.69, 9.17) is 10.5 Å². The molecule has 0 rings (SSSR count). The molecular weight excluding hydrogens is 216 g/mol. The molecule has 4 heteroatoms. The van der Waals surface area contributed by atoms with Crippen LogP contribution in [0.3, 0.4) is 0 Å². The Morgan fingerprint density at radius 3 is 2.06 bits per heavy atom. The maximum Gasteiger partial charge on any atom is 0.286 e. The molecule has 0 bridgehead atoms. The molecule has 1 atom stereocenters. The van der Waals surface area contributed by atoms with Gasteiger partial charge in [-0.3, -0.25) is 0 Å². The second kappa shape index (κ2) is 17.0. The largest absolute Gasteiger partial charge is 0.428 e. The maximum absolute atomic E-state index is 8.07. The fourth-order valence-corrected chi connectivity index (χ4v) is 1.08. The van der Waals surface area contributed by atoms with Gasteiger partial charge in [0.2, 0.25) is 0 Å². The van der Waals surface area contributed by atoms with Crippen LogP contribution >= 0.6 is 0 Å². The van der Waals surface area contributed by atoms with E-state index in [-0.39, 0.29) is 0 Å². The Bertz CT molecular complexity index is 218. The first kappa shape index (κ1) is 18.0. The molecule has 0 aromatic rings. The molecule has 0 N–H and O–H groups in total. The number of ether oxygens (including phenoxy) is 2. The molecule has 0 aliphatic heterocycles. The van der Waals surface area contributed by atoms with Crippen LogP contribution in [-0.4, -0.2) is 13.2 Å². The van der Waals surface area contributed by atoms with Crippen molar-refractivity contribution in [1.29, 1.82) is 10.5 Å². The summed E-state index contributed by atoms with van der Waals surface area (Å²) in [6.07, 6.45) is 8.96. The lowest BCUT2D eigenvalue weighted by Gasteiger charge is -2.06. The minimum absolute atomic E-state index is 0.527. The number of hydrogen-bond donors (Lipinski definition) is 0. The molecule has 0 aliphatic rings. The highest BCUT2D eigenvalue weighted by Crippen LogP contribution is 2.06. The summed E-state index contributed by atoms with van der Waals surface area (Å²) in [5, 5.41) is 15.9. The molecule has 4 nitrogen and oxygen atoms in total. The third-order valence-corrected chi connectivity index (χ3v) is 2.15. The van der Waals surface area contributed by atoms with Crippen LogP contribution in [0.5, 0.6) is 0 Å². The number of rotatable bonds is 8. The molecular formula is C13H24N2O2. The van der Waals surface area contributed by atoms with Gasteiger partial charge in [-0.2, -0.15) is 10.5 Å². The molecule has 0 aromatic carbocycles. The Labute approximate surface area is 105 Å². The summed E-state index contributed by atoms with van der Waals surface area (Å²) in [5.41, 5.74) is 0. The summed E-state index contributed by atoms with van der Waals surface area (Å²) in [6.45, 7) is 7.48. The smallest absolute Gasteiger partial charge is 0.286 e. The van der Waals surface area contributed by atoms with E-state index in [9.17, 15) is 0 Å². The minimum Gasteiger partial charge on any atom is -0.428 e. The van der Waals surface area contributed by atoms with E-state index in [1.54, 1.807) is 12.5 Å². The zero-order chi connectivity index (χ0) is 13.4. The van der Waals surface area contributed by atoms with E-state index in [0.29, 0.717) is 19.1 Å². The van der Waals surface area contributed by atoms with E-state index in [1.165, 1.54) is 12.8 Å². The van der Waals surface area contributed by atoms with Crippen molar-refractivity contribution in [3.8, 4) is 12.5 Å². The molecule has 0 saturated carbocycles. The lowest BCUT2D eigenvalue weighted by atomic mass is 10.1. The molecule has 0 radical (unpaired) electrons. The van der Waals surface area contributed by atoms with Gasteiger partial charge in [0, 0.05) is 0 Å². The topological polar surface area (TPSA) is 66.0 Å². The first-order valence-corrected chi connectivity index (χ1v) is 6.24. The first-order chi connectivity index (χ1) is 8.22. The molecule has 17 heavy (non-hydrogen) atoms. The lowest BCUT2D eigenvalue weighted by Crippen LogP contribution is -2.02. The van der Waals surface area contributed by atoms with Gasteiger partial charge in [-0.1, -0.05) is 40.0 Å². The van der Waals surface area contributed by atoms with Crippen LogP contribution in [0.1, 0.15) is 52.9 Å². The van der Waals surface area contributed by atoms with Crippen LogP contribution in [0, 0.1) is 29.0 Å². The van der Waals surface area contributed by atoms with E-state index < -0.39 is 0 Å². The second-order valence-electron chi connectivity index (χ2n) is 3.94. The first-order valence-electron chi connectivity index (χ1n) is 6.24. The average molecular weight is 240 g/mol. The number of unbranched alkanes of at least 4 members (excludes halogenated alkanes) is 2. The highest BCUT2D eigenvalue weighted by Gasteiger charge is 2.00. The quantitative estimate of drug-likeness (QED) is 0.480. The van der Waals surface area contributed by atoms with Crippen LogP contribution < -0.4 is 0 Å². The highest BCUT2D eigenvalue weighted by molar-refractivity contribution is 4.55. The van der Waals surface area contributed by atoms with Crippen molar-refractivity contribution in [2.75, 3.05) is 13.2 Å². The summed E-state index contributed by atoms with van der Waals surface area (Å²) >= 11 is 0. The van der Waals surface area contributed by atoms with Gasteiger partial charge in [0.1, 0.15) is 13.2 Å². The molecule has 0 aromatic heterocycles. The van der Waals surface area contributed by atoms with Gasteiger partial charge < -0.3 is 9.47 Å². The molecule has 0 amide bonds. The minimum atomic E-state index is 0.527. The van der Waals surface area contributed by atoms with E-state index in [2.05, 4.69) is 30.2 Å². The fraction of sp³-hybridized carbons (Fsp3) is 0.846. The van der Waals surface area contributed by atoms with Crippen LogP contribution in [0.25, 0.3) is 0 Å². The third kappa shape index (κ3) is 20.6. The van der Waals surface area contributed by atoms with Crippen molar-refractivity contribution in [1.82, 2.24) is 0 Å². The molecule has 0 heterocycles. The second-order valence-corrected chi connectivity index (χ2v) is 3.94. The Hall–Kier alpha value is -1.42. The predicted octanol–water partition coefficient (Wildman–Crippen LogP) is 3.59. The van der Waals surface area contributed by atoms with E-state index in [1.807, 2.05) is 0 Å². The average Bonchev–Trinajstić information content (AvgIpc) is 2.35. The maximum atomic E-state index is 8.07. The van der Waals surface area contributed by atoms with Crippen LogP contribution in [0.15, 0.2) is 0 Å². The predicted molar refractivity (Wildman–Crippen MR) is 66.7 cm³/mol. The van der Waals surface area contributed by atoms with Crippen molar-refractivity contribution in [2.45, 2.75) is 52.9 Å². The van der Waals surface area contributed by atoms with Crippen molar-refractivity contribution < 1.29 is 9.47 Å². The van der Waals surface area contributed by atoms with E-state index >= 15 is 0 Å². The van der Waals surface area contributed by atoms with Gasteiger partial charge in [0.05, 0.1) is 0 Å².